The molecule has 0 spiro atoms. The van der Waals surface area contributed by atoms with Crippen LogP contribution in [0.2, 0.25) is 0 Å². The number of carbonyl (C=O) groups is 1. The summed E-state index contributed by atoms with van der Waals surface area (Å²) in [7, 11) is 0. The van der Waals surface area contributed by atoms with E-state index in [0.717, 1.165) is 19.3 Å². The van der Waals surface area contributed by atoms with Crippen molar-refractivity contribution in [2.75, 3.05) is 0 Å². The predicted octanol–water partition coefficient (Wildman–Crippen LogP) is 3.62. The maximum atomic E-state index is 12.0. The van der Waals surface area contributed by atoms with Gasteiger partial charge in [0.15, 0.2) is 0 Å². The molecular weight excluding hydrogens is 222 g/mol. The Morgan fingerprint density at radius 1 is 1.28 bits per heavy atom. The third-order valence-corrected chi connectivity index (χ3v) is 3.86. The summed E-state index contributed by atoms with van der Waals surface area (Å²) < 4.78 is 0. The topological polar surface area (TPSA) is 29.1 Å². The van der Waals surface area contributed by atoms with Crippen LogP contribution < -0.4 is 5.32 Å². The maximum absolute atomic E-state index is 12.0. The highest BCUT2D eigenvalue weighted by atomic mass is 16.1. The SMILES string of the molecule is CC(C)CCC(=O)NC1(c2ccccc2)CCC1. The summed E-state index contributed by atoms with van der Waals surface area (Å²) in [6.07, 6.45) is 4.97. The van der Waals surface area contributed by atoms with E-state index >= 15 is 0 Å². The normalized spacial score (nSPS) is 17.3. The average molecular weight is 245 g/mol. The number of nitrogens with one attached hydrogen (secondary N) is 1. The minimum atomic E-state index is -0.0741. The second-order valence-electron chi connectivity index (χ2n) is 5.78. The number of rotatable bonds is 5. The van der Waals surface area contributed by atoms with Crippen molar-refractivity contribution in [1.29, 1.82) is 0 Å². The molecule has 1 N–H and O–H groups in total. The Morgan fingerprint density at radius 3 is 2.44 bits per heavy atom. The van der Waals surface area contributed by atoms with E-state index < -0.39 is 0 Å². The van der Waals surface area contributed by atoms with Crippen molar-refractivity contribution >= 4 is 5.91 Å². The van der Waals surface area contributed by atoms with Gasteiger partial charge in [-0.3, -0.25) is 4.79 Å². The lowest BCUT2D eigenvalue weighted by Gasteiger charge is -2.43. The molecule has 0 aromatic heterocycles. The summed E-state index contributed by atoms with van der Waals surface area (Å²) in [5, 5.41) is 3.26. The van der Waals surface area contributed by atoms with E-state index in [9.17, 15) is 4.79 Å². The van der Waals surface area contributed by atoms with Crippen LogP contribution in [0.1, 0.15) is 51.5 Å². The molecule has 1 aliphatic rings. The molecule has 0 atom stereocenters. The minimum Gasteiger partial charge on any atom is -0.347 e. The van der Waals surface area contributed by atoms with E-state index in [1.54, 1.807) is 0 Å². The first-order valence-electron chi connectivity index (χ1n) is 6.99. The molecule has 2 rings (SSSR count). The van der Waals surface area contributed by atoms with Crippen LogP contribution in [0.15, 0.2) is 30.3 Å². The van der Waals surface area contributed by atoms with Crippen LogP contribution in [0.5, 0.6) is 0 Å². The summed E-state index contributed by atoms with van der Waals surface area (Å²) in [5.74, 6) is 0.789. The largest absolute Gasteiger partial charge is 0.347 e. The summed E-state index contributed by atoms with van der Waals surface area (Å²) in [6, 6.07) is 10.4. The molecule has 0 unspecified atom stereocenters. The molecule has 1 amide bonds. The Bertz CT molecular complexity index is 393. The van der Waals surface area contributed by atoms with Crippen LogP contribution in [0, 0.1) is 5.92 Å². The van der Waals surface area contributed by atoms with E-state index in [2.05, 4.69) is 43.4 Å². The highest BCUT2D eigenvalue weighted by Crippen LogP contribution is 2.41. The molecule has 1 aromatic carbocycles. The fourth-order valence-electron chi connectivity index (χ4n) is 2.52. The van der Waals surface area contributed by atoms with Gasteiger partial charge >= 0.3 is 0 Å². The fourth-order valence-corrected chi connectivity index (χ4v) is 2.52. The van der Waals surface area contributed by atoms with Gasteiger partial charge in [0.25, 0.3) is 0 Å². The number of hydrogen-bond donors (Lipinski definition) is 1. The second-order valence-corrected chi connectivity index (χ2v) is 5.78. The third kappa shape index (κ3) is 2.92. The highest BCUT2D eigenvalue weighted by molar-refractivity contribution is 5.77. The molecule has 2 heteroatoms. The Morgan fingerprint density at radius 2 is 1.94 bits per heavy atom. The average Bonchev–Trinajstić information content (AvgIpc) is 2.32. The molecule has 1 fully saturated rings. The molecule has 1 saturated carbocycles. The lowest BCUT2D eigenvalue weighted by atomic mass is 9.71. The van der Waals surface area contributed by atoms with Crippen LogP contribution in [-0.4, -0.2) is 5.91 Å². The van der Waals surface area contributed by atoms with Crippen molar-refractivity contribution < 1.29 is 4.79 Å². The van der Waals surface area contributed by atoms with Crippen LogP contribution in [-0.2, 0) is 10.3 Å². The highest BCUT2D eigenvalue weighted by Gasteiger charge is 2.39. The zero-order valence-corrected chi connectivity index (χ0v) is 11.4. The first-order chi connectivity index (χ1) is 8.62. The van der Waals surface area contributed by atoms with Crippen LogP contribution in [0.25, 0.3) is 0 Å². The van der Waals surface area contributed by atoms with E-state index in [-0.39, 0.29) is 11.4 Å². The van der Waals surface area contributed by atoms with Crippen LogP contribution in [0.3, 0.4) is 0 Å². The lowest BCUT2D eigenvalue weighted by molar-refractivity contribution is -0.124. The standard InChI is InChI=1S/C16H23NO/c1-13(2)9-10-15(18)17-16(11-6-12-16)14-7-4-3-5-8-14/h3-5,7-8,13H,6,9-12H2,1-2H3,(H,17,18). The van der Waals surface area contributed by atoms with Gasteiger partial charge in [-0.25, -0.2) is 0 Å². The quantitative estimate of drug-likeness (QED) is 0.843. The van der Waals surface area contributed by atoms with Gasteiger partial charge in [0.2, 0.25) is 5.91 Å². The van der Waals surface area contributed by atoms with Crippen molar-refractivity contribution in [3.8, 4) is 0 Å². The second kappa shape index (κ2) is 5.55. The van der Waals surface area contributed by atoms with Crippen molar-refractivity contribution in [3.63, 3.8) is 0 Å². The predicted molar refractivity (Wildman–Crippen MR) is 74.2 cm³/mol. The van der Waals surface area contributed by atoms with E-state index in [0.29, 0.717) is 12.3 Å². The molecule has 0 heterocycles. The smallest absolute Gasteiger partial charge is 0.220 e. The minimum absolute atomic E-state index is 0.0741. The molecule has 2 nitrogen and oxygen atoms in total. The Kier molecular flexibility index (Phi) is 4.05. The molecule has 1 aromatic rings. The molecule has 1 aliphatic carbocycles. The van der Waals surface area contributed by atoms with Gasteiger partial charge in [-0.2, -0.15) is 0 Å². The number of amides is 1. The molecule has 18 heavy (non-hydrogen) atoms. The lowest BCUT2D eigenvalue weighted by Crippen LogP contribution is -2.50. The first-order valence-corrected chi connectivity index (χ1v) is 6.99. The number of benzene rings is 1. The van der Waals surface area contributed by atoms with E-state index in [1.807, 2.05) is 6.07 Å². The zero-order chi connectivity index (χ0) is 13.0. The van der Waals surface area contributed by atoms with Gasteiger partial charge in [0, 0.05) is 6.42 Å². The third-order valence-electron chi connectivity index (χ3n) is 3.86. The Balaban J connectivity index is 1.99. The Hall–Kier alpha value is -1.31. The van der Waals surface area contributed by atoms with Gasteiger partial charge in [-0.05, 0) is 37.2 Å². The van der Waals surface area contributed by atoms with E-state index in [4.69, 9.17) is 0 Å². The monoisotopic (exact) mass is 245 g/mol. The maximum Gasteiger partial charge on any atom is 0.220 e. The summed E-state index contributed by atoms with van der Waals surface area (Å²) >= 11 is 0. The van der Waals surface area contributed by atoms with Crippen molar-refractivity contribution in [1.82, 2.24) is 5.32 Å². The van der Waals surface area contributed by atoms with Gasteiger partial charge in [0.05, 0.1) is 5.54 Å². The van der Waals surface area contributed by atoms with Crippen molar-refractivity contribution in [3.05, 3.63) is 35.9 Å². The van der Waals surface area contributed by atoms with Gasteiger partial charge in [-0.1, -0.05) is 44.2 Å². The number of carbonyl (C=O) groups excluding carboxylic acids is 1. The van der Waals surface area contributed by atoms with Crippen LogP contribution in [0.4, 0.5) is 0 Å². The van der Waals surface area contributed by atoms with Crippen molar-refractivity contribution in [2.24, 2.45) is 5.92 Å². The zero-order valence-electron chi connectivity index (χ0n) is 11.4. The molecule has 0 aliphatic heterocycles. The summed E-state index contributed by atoms with van der Waals surface area (Å²) in [4.78, 5) is 12.0. The first kappa shape index (κ1) is 13.1. The molecule has 0 radical (unpaired) electrons. The summed E-state index contributed by atoms with van der Waals surface area (Å²) in [5.41, 5.74) is 1.18. The summed E-state index contributed by atoms with van der Waals surface area (Å²) in [6.45, 7) is 4.31. The molecule has 0 saturated heterocycles. The Labute approximate surface area is 110 Å². The van der Waals surface area contributed by atoms with Gasteiger partial charge in [0.1, 0.15) is 0 Å². The molecular formula is C16H23NO. The van der Waals surface area contributed by atoms with Crippen molar-refractivity contribution in [2.45, 2.75) is 51.5 Å². The number of hydrogen-bond acceptors (Lipinski definition) is 1. The van der Waals surface area contributed by atoms with Gasteiger partial charge in [-0.15, -0.1) is 0 Å². The van der Waals surface area contributed by atoms with Gasteiger partial charge < -0.3 is 5.32 Å². The van der Waals surface area contributed by atoms with E-state index in [1.165, 1.54) is 12.0 Å². The van der Waals surface area contributed by atoms with Crippen LogP contribution >= 0.6 is 0 Å². The fraction of sp³-hybridized carbons (Fsp3) is 0.562. The molecule has 0 bridgehead atoms. The molecule has 98 valence electrons.